The largest absolute Gasteiger partial charge is 0.456 e. The fraction of sp³-hybridized carbons (Fsp3) is 0.550. The zero-order valence-corrected chi connectivity index (χ0v) is 19.1. The summed E-state index contributed by atoms with van der Waals surface area (Å²) in [6.07, 6.45) is -6.46. The Morgan fingerprint density at radius 1 is 0.875 bits per heavy atom. The van der Waals surface area contributed by atoms with Crippen molar-refractivity contribution in [2.24, 2.45) is 0 Å². The van der Waals surface area contributed by atoms with Gasteiger partial charge in [-0.3, -0.25) is 18.6 Å². The molecule has 12 heteroatoms. The molecule has 1 aliphatic heterocycles. The highest BCUT2D eigenvalue weighted by molar-refractivity contribution is 7.86. The van der Waals surface area contributed by atoms with Gasteiger partial charge in [-0.2, -0.15) is 8.42 Å². The van der Waals surface area contributed by atoms with Crippen LogP contribution >= 0.6 is 0 Å². The average molecular weight is 474 g/mol. The lowest BCUT2D eigenvalue weighted by atomic mass is 9.98. The van der Waals surface area contributed by atoms with Crippen molar-refractivity contribution in [2.75, 3.05) is 13.7 Å². The Bertz CT molecular complexity index is 925. The first-order valence-corrected chi connectivity index (χ1v) is 11.0. The monoisotopic (exact) mass is 474 g/mol. The van der Waals surface area contributed by atoms with Gasteiger partial charge in [0.05, 0.1) is 11.5 Å². The van der Waals surface area contributed by atoms with Crippen LogP contribution in [-0.2, 0) is 52.4 Å². The predicted octanol–water partition coefficient (Wildman–Crippen LogP) is 0.867. The van der Waals surface area contributed by atoms with Crippen LogP contribution < -0.4 is 0 Å². The molecule has 178 valence electrons. The van der Waals surface area contributed by atoms with E-state index in [-0.39, 0.29) is 4.90 Å². The average Bonchev–Trinajstić information content (AvgIpc) is 2.69. The van der Waals surface area contributed by atoms with Crippen LogP contribution in [0.3, 0.4) is 0 Å². The summed E-state index contributed by atoms with van der Waals surface area (Å²) >= 11 is 0. The van der Waals surface area contributed by atoms with Crippen LogP contribution in [0.5, 0.6) is 0 Å². The molecule has 5 atom stereocenters. The zero-order valence-electron chi connectivity index (χ0n) is 18.3. The highest BCUT2D eigenvalue weighted by atomic mass is 32.2. The van der Waals surface area contributed by atoms with Gasteiger partial charge in [0.2, 0.25) is 0 Å². The molecule has 0 amide bonds. The van der Waals surface area contributed by atoms with E-state index < -0.39 is 65.3 Å². The predicted molar refractivity (Wildman–Crippen MR) is 107 cm³/mol. The Balaban J connectivity index is 2.33. The van der Waals surface area contributed by atoms with Crippen molar-refractivity contribution < 1.29 is 50.7 Å². The summed E-state index contributed by atoms with van der Waals surface area (Å²) < 4.78 is 56.8. The Morgan fingerprint density at radius 2 is 1.38 bits per heavy atom. The number of hydrogen-bond acceptors (Lipinski definition) is 11. The van der Waals surface area contributed by atoms with E-state index in [1.807, 2.05) is 0 Å². The fourth-order valence-corrected chi connectivity index (χ4v) is 4.03. The molecule has 0 spiro atoms. The van der Waals surface area contributed by atoms with Gasteiger partial charge in [-0.25, -0.2) is 0 Å². The molecule has 1 aromatic rings. The van der Waals surface area contributed by atoms with Crippen molar-refractivity contribution in [1.82, 2.24) is 0 Å². The maximum absolute atomic E-state index is 12.6. The highest BCUT2D eigenvalue weighted by Crippen LogP contribution is 2.30. The van der Waals surface area contributed by atoms with Crippen molar-refractivity contribution in [3.63, 3.8) is 0 Å². The van der Waals surface area contributed by atoms with Gasteiger partial charge in [0.25, 0.3) is 10.1 Å². The first-order chi connectivity index (χ1) is 14.9. The number of methoxy groups -OCH3 is 1. The molecule has 11 nitrogen and oxygen atoms in total. The molecule has 0 N–H and O–H groups in total. The third-order valence-corrected chi connectivity index (χ3v) is 5.72. The van der Waals surface area contributed by atoms with E-state index in [4.69, 9.17) is 27.9 Å². The van der Waals surface area contributed by atoms with Crippen molar-refractivity contribution in [3.05, 3.63) is 29.8 Å². The summed E-state index contributed by atoms with van der Waals surface area (Å²) in [7, 11) is -2.93. The number of benzene rings is 1. The summed E-state index contributed by atoms with van der Waals surface area (Å²) in [5, 5.41) is 0. The number of hydrogen-bond donors (Lipinski definition) is 0. The second-order valence-corrected chi connectivity index (χ2v) is 8.67. The van der Waals surface area contributed by atoms with E-state index >= 15 is 0 Å². The van der Waals surface area contributed by atoms with Crippen molar-refractivity contribution in [2.45, 2.75) is 63.3 Å². The number of ether oxygens (including phenoxy) is 5. The molecule has 0 bridgehead atoms. The number of esters is 3. The first-order valence-electron chi connectivity index (χ1n) is 9.60. The van der Waals surface area contributed by atoms with E-state index in [2.05, 4.69) is 0 Å². The lowest BCUT2D eigenvalue weighted by Gasteiger charge is -2.43. The van der Waals surface area contributed by atoms with Crippen LogP contribution in [0.1, 0.15) is 26.3 Å². The standard InChI is InChI=1S/C20H26O11S/c1-11-6-8-15(9-7-11)32(24,25)27-10-16-17(28-12(2)21)18(29-13(3)22)19(30-14(4)23)20(26-5)31-16/h6-9,16-20H,10H2,1-5H3. The smallest absolute Gasteiger partial charge is 0.303 e. The maximum Gasteiger partial charge on any atom is 0.303 e. The number of rotatable bonds is 8. The van der Waals surface area contributed by atoms with Crippen LogP contribution in [0.15, 0.2) is 29.2 Å². The van der Waals surface area contributed by atoms with E-state index in [0.29, 0.717) is 0 Å². The molecule has 1 fully saturated rings. The van der Waals surface area contributed by atoms with Gasteiger partial charge in [-0.1, -0.05) is 17.7 Å². The molecular weight excluding hydrogens is 448 g/mol. The van der Waals surface area contributed by atoms with Gasteiger partial charge in [-0.05, 0) is 19.1 Å². The molecule has 1 aliphatic rings. The van der Waals surface area contributed by atoms with Crippen molar-refractivity contribution >= 4 is 28.0 Å². The lowest BCUT2D eigenvalue weighted by molar-refractivity contribution is -0.300. The Labute approximate surface area is 186 Å². The van der Waals surface area contributed by atoms with Gasteiger partial charge in [-0.15, -0.1) is 0 Å². The molecular formula is C20H26O11S. The minimum Gasteiger partial charge on any atom is -0.456 e. The third-order valence-electron chi connectivity index (χ3n) is 4.43. The van der Waals surface area contributed by atoms with E-state index in [0.717, 1.165) is 26.3 Å². The number of aryl methyl sites for hydroxylation is 1. The molecule has 1 heterocycles. The van der Waals surface area contributed by atoms with E-state index in [1.165, 1.54) is 19.2 Å². The second-order valence-electron chi connectivity index (χ2n) is 7.05. The van der Waals surface area contributed by atoms with Gasteiger partial charge < -0.3 is 23.7 Å². The second kappa shape index (κ2) is 10.9. The Kier molecular flexibility index (Phi) is 8.73. The van der Waals surface area contributed by atoms with Crippen LogP contribution in [0.25, 0.3) is 0 Å². The zero-order chi connectivity index (χ0) is 24.1. The molecule has 0 aromatic heterocycles. The summed E-state index contributed by atoms with van der Waals surface area (Å²) in [5.74, 6) is -2.25. The van der Waals surface area contributed by atoms with Gasteiger partial charge >= 0.3 is 17.9 Å². The lowest BCUT2D eigenvalue weighted by Crippen LogP contribution is -2.62. The third kappa shape index (κ3) is 6.73. The topological polar surface area (TPSA) is 141 Å². The first kappa shape index (κ1) is 25.7. The molecule has 0 saturated carbocycles. The molecule has 0 aliphatic carbocycles. The molecule has 5 unspecified atom stereocenters. The number of carbonyl (C=O) groups excluding carboxylic acids is 3. The van der Waals surface area contributed by atoms with E-state index in [1.54, 1.807) is 19.1 Å². The molecule has 1 saturated heterocycles. The summed E-state index contributed by atoms with van der Waals surface area (Å²) in [5.41, 5.74) is 0.859. The molecule has 2 rings (SSSR count). The minimum absolute atomic E-state index is 0.0828. The van der Waals surface area contributed by atoms with Crippen LogP contribution in [0.2, 0.25) is 0 Å². The molecule has 1 aromatic carbocycles. The number of carbonyl (C=O) groups is 3. The normalized spacial score (nSPS) is 25.6. The fourth-order valence-electron chi connectivity index (χ4n) is 3.11. The van der Waals surface area contributed by atoms with Crippen molar-refractivity contribution in [1.29, 1.82) is 0 Å². The SMILES string of the molecule is COC1OC(COS(=O)(=O)c2ccc(C)cc2)C(OC(C)=O)C(OC(C)=O)C1OC(C)=O. The molecule has 0 radical (unpaired) electrons. The van der Waals surface area contributed by atoms with Crippen LogP contribution in [0.4, 0.5) is 0 Å². The molecule has 32 heavy (non-hydrogen) atoms. The summed E-state index contributed by atoms with van der Waals surface area (Å²) in [6, 6.07) is 5.98. The van der Waals surface area contributed by atoms with Crippen molar-refractivity contribution in [3.8, 4) is 0 Å². The highest BCUT2D eigenvalue weighted by Gasteiger charge is 2.52. The van der Waals surface area contributed by atoms with Gasteiger partial charge in [0.15, 0.2) is 24.6 Å². The van der Waals surface area contributed by atoms with Gasteiger partial charge in [0.1, 0.15) is 6.10 Å². The van der Waals surface area contributed by atoms with E-state index in [9.17, 15) is 22.8 Å². The quantitative estimate of drug-likeness (QED) is 0.301. The van der Waals surface area contributed by atoms with Crippen LogP contribution in [0, 0.1) is 6.92 Å². The van der Waals surface area contributed by atoms with Crippen LogP contribution in [-0.4, -0.2) is 70.7 Å². The minimum atomic E-state index is -4.18. The maximum atomic E-state index is 12.6. The Hall–Kier alpha value is -2.54. The summed E-state index contributed by atoms with van der Waals surface area (Å²) in [6.45, 7) is 4.55. The Morgan fingerprint density at radius 3 is 1.88 bits per heavy atom. The summed E-state index contributed by atoms with van der Waals surface area (Å²) in [4.78, 5) is 34.9. The van der Waals surface area contributed by atoms with Gasteiger partial charge in [0, 0.05) is 27.9 Å².